The molecular formula is C17H20N2O2. The predicted octanol–water partition coefficient (Wildman–Crippen LogP) is 3.18. The zero-order valence-electron chi connectivity index (χ0n) is 12.0. The molecule has 2 bridgehead atoms. The number of hydrogen-bond acceptors (Lipinski definition) is 3. The van der Waals surface area contributed by atoms with Crippen LogP contribution >= 0.6 is 0 Å². The summed E-state index contributed by atoms with van der Waals surface area (Å²) in [7, 11) is 0. The van der Waals surface area contributed by atoms with E-state index in [1.807, 2.05) is 6.07 Å². The van der Waals surface area contributed by atoms with E-state index in [1.54, 1.807) is 18.2 Å². The van der Waals surface area contributed by atoms with Crippen molar-refractivity contribution in [2.45, 2.75) is 25.7 Å². The van der Waals surface area contributed by atoms with Gasteiger partial charge in [-0.05, 0) is 61.3 Å². The number of fused-ring (bicyclic) bond motifs is 3. The van der Waals surface area contributed by atoms with Gasteiger partial charge in [0.2, 0.25) is 0 Å². The maximum absolute atomic E-state index is 12.2. The number of amides is 1. The molecule has 3 N–H and O–H groups in total. The minimum Gasteiger partial charge on any atom is -0.451 e. The third-order valence-corrected chi connectivity index (χ3v) is 5.17. The number of nitrogens with one attached hydrogen (secondary N) is 1. The van der Waals surface area contributed by atoms with Crippen LogP contribution in [-0.4, -0.2) is 12.5 Å². The first-order chi connectivity index (χ1) is 10.2. The normalized spacial score (nSPS) is 27.3. The summed E-state index contributed by atoms with van der Waals surface area (Å²) in [5, 5.41) is 3.91. The molecule has 2 saturated carbocycles. The van der Waals surface area contributed by atoms with Gasteiger partial charge in [-0.2, -0.15) is 0 Å². The summed E-state index contributed by atoms with van der Waals surface area (Å²) in [6.07, 6.45) is 5.38. The van der Waals surface area contributed by atoms with E-state index in [-0.39, 0.29) is 5.91 Å². The molecule has 4 rings (SSSR count). The molecular weight excluding hydrogens is 264 g/mol. The van der Waals surface area contributed by atoms with Gasteiger partial charge in [0.25, 0.3) is 5.91 Å². The summed E-state index contributed by atoms with van der Waals surface area (Å²) >= 11 is 0. The van der Waals surface area contributed by atoms with Crippen molar-refractivity contribution in [3.8, 4) is 0 Å². The summed E-state index contributed by atoms with van der Waals surface area (Å²) in [6.45, 7) is 0.777. The Bertz CT molecular complexity index is 691. The van der Waals surface area contributed by atoms with Crippen LogP contribution < -0.4 is 11.1 Å². The molecule has 3 unspecified atom stereocenters. The average molecular weight is 284 g/mol. The molecule has 3 atom stereocenters. The topological polar surface area (TPSA) is 68.3 Å². The van der Waals surface area contributed by atoms with Gasteiger partial charge in [0.15, 0.2) is 5.76 Å². The van der Waals surface area contributed by atoms with E-state index in [0.29, 0.717) is 22.9 Å². The van der Waals surface area contributed by atoms with Crippen LogP contribution in [0.4, 0.5) is 5.69 Å². The number of benzene rings is 1. The van der Waals surface area contributed by atoms with E-state index in [4.69, 9.17) is 10.2 Å². The van der Waals surface area contributed by atoms with Crippen LogP contribution in [0.3, 0.4) is 0 Å². The highest BCUT2D eigenvalue weighted by atomic mass is 16.3. The molecule has 4 heteroatoms. The third-order valence-electron chi connectivity index (χ3n) is 5.17. The van der Waals surface area contributed by atoms with Crippen LogP contribution in [0.5, 0.6) is 0 Å². The van der Waals surface area contributed by atoms with Crippen molar-refractivity contribution in [1.82, 2.24) is 5.32 Å². The number of nitrogens with two attached hydrogens (primary N) is 1. The molecule has 2 aliphatic rings. The Morgan fingerprint density at radius 3 is 2.95 bits per heavy atom. The molecule has 0 spiro atoms. The van der Waals surface area contributed by atoms with Crippen molar-refractivity contribution >= 4 is 22.6 Å². The van der Waals surface area contributed by atoms with Gasteiger partial charge in [-0.25, -0.2) is 0 Å². The largest absolute Gasteiger partial charge is 0.451 e. The lowest BCUT2D eigenvalue weighted by molar-refractivity contribution is 0.0916. The zero-order valence-corrected chi connectivity index (χ0v) is 12.0. The fourth-order valence-electron chi connectivity index (χ4n) is 4.11. The molecule has 21 heavy (non-hydrogen) atoms. The maximum atomic E-state index is 12.2. The van der Waals surface area contributed by atoms with Gasteiger partial charge < -0.3 is 15.5 Å². The van der Waals surface area contributed by atoms with Crippen LogP contribution in [0, 0.1) is 17.8 Å². The van der Waals surface area contributed by atoms with Gasteiger partial charge in [0.05, 0.1) is 0 Å². The Hall–Kier alpha value is -1.97. The zero-order chi connectivity index (χ0) is 14.4. The second kappa shape index (κ2) is 4.79. The van der Waals surface area contributed by atoms with Gasteiger partial charge in [0.1, 0.15) is 5.58 Å². The summed E-state index contributed by atoms with van der Waals surface area (Å²) < 4.78 is 5.59. The van der Waals surface area contributed by atoms with Crippen LogP contribution in [0.1, 0.15) is 36.2 Å². The second-order valence-electron chi connectivity index (χ2n) is 6.55. The van der Waals surface area contributed by atoms with Crippen molar-refractivity contribution in [2.75, 3.05) is 12.3 Å². The maximum Gasteiger partial charge on any atom is 0.287 e. The minimum absolute atomic E-state index is 0.118. The van der Waals surface area contributed by atoms with Crippen molar-refractivity contribution in [3.63, 3.8) is 0 Å². The smallest absolute Gasteiger partial charge is 0.287 e. The molecule has 2 fully saturated rings. The first-order valence-electron chi connectivity index (χ1n) is 7.76. The molecule has 1 amide bonds. The fraction of sp³-hybridized carbons (Fsp3) is 0.471. The van der Waals surface area contributed by atoms with Crippen molar-refractivity contribution in [3.05, 3.63) is 30.0 Å². The standard InChI is InChI=1S/C17H20N2O2/c18-14-3-4-15-12(7-14)8-16(21-15)17(20)19-9-13-6-10-1-2-11(13)5-10/h3-4,7-8,10-11,13H,1-2,5-6,9,18H2,(H,19,20). The van der Waals surface area contributed by atoms with Crippen molar-refractivity contribution in [1.29, 1.82) is 0 Å². The molecule has 4 nitrogen and oxygen atoms in total. The number of hydrogen-bond donors (Lipinski definition) is 2. The second-order valence-corrected chi connectivity index (χ2v) is 6.55. The molecule has 1 heterocycles. The Morgan fingerprint density at radius 1 is 1.29 bits per heavy atom. The molecule has 1 aromatic carbocycles. The molecule has 0 radical (unpaired) electrons. The molecule has 0 saturated heterocycles. The summed E-state index contributed by atoms with van der Waals surface area (Å²) in [6, 6.07) is 7.17. The molecule has 1 aromatic heterocycles. The van der Waals surface area contributed by atoms with E-state index in [9.17, 15) is 4.79 Å². The summed E-state index contributed by atoms with van der Waals surface area (Å²) in [4.78, 5) is 12.2. The highest BCUT2D eigenvalue weighted by Crippen LogP contribution is 2.47. The molecule has 0 aliphatic heterocycles. The van der Waals surface area contributed by atoms with Crippen LogP contribution in [-0.2, 0) is 0 Å². The van der Waals surface area contributed by atoms with E-state index in [1.165, 1.54) is 25.7 Å². The number of rotatable bonds is 3. The van der Waals surface area contributed by atoms with Gasteiger partial charge in [-0.15, -0.1) is 0 Å². The van der Waals surface area contributed by atoms with Gasteiger partial charge in [-0.3, -0.25) is 4.79 Å². The van der Waals surface area contributed by atoms with E-state index in [2.05, 4.69) is 5.32 Å². The quantitative estimate of drug-likeness (QED) is 0.851. The fourth-order valence-corrected chi connectivity index (χ4v) is 4.11. The minimum atomic E-state index is -0.118. The van der Waals surface area contributed by atoms with Crippen molar-refractivity contribution < 1.29 is 9.21 Å². The highest BCUT2D eigenvalue weighted by Gasteiger charge is 2.39. The monoisotopic (exact) mass is 284 g/mol. The van der Waals surface area contributed by atoms with Gasteiger partial charge in [0, 0.05) is 17.6 Å². The third kappa shape index (κ3) is 2.28. The first kappa shape index (κ1) is 12.7. The van der Waals surface area contributed by atoms with Gasteiger partial charge in [-0.1, -0.05) is 6.42 Å². The van der Waals surface area contributed by atoms with Crippen LogP contribution in [0.2, 0.25) is 0 Å². The van der Waals surface area contributed by atoms with E-state index in [0.717, 1.165) is 23.8 Å². The number of anilines is 1. The number of carbonyl (C=O) groups excluding carboxylic acids is 1. The lowest BCUT2D eigenvalue weighted by Crippen LogP contribution is -2.31. The summed E-state index contributed by atoms with van der Waals surface area (Å²) in [5.74, 6) is 2.65. The SMILES string of the molecule is Nc1ccc2oc(C(=O)NCC3CC4CCC3C4)cc2c1. The average Bonchev–Trinajstić information content (AvgIpc) is 3.18. The number of furan rings is 1. The van der Waals surface area contributed by atoms with Crippen LogP contribution in [0.15, 0.2) is 28.7 Å². The Kier molecular flexibility index (Phi) is 2.91. The Labute approximate surface area is 123 Å². The highest BCUT2D eigenvalue weighted by molar-refractivity contribution is 5.96. The summed E-state index contributed by atoms with van der Waals surface area (Å²) in [5.41, 5.74) is 7.12. The number of nitrogen functional groups attached to an aromatic ring is 1. The predicted molar refractivity (Wildman–Crippen MR) is 81.9 cm³/mol. The van der Waals surface area contributed by atoms with E-state index < -0.39 is 0 Å². The van der Waals surface area contributed by atoms with E-state index >= 15 is 0 Å². The van der Waals surface area contributed by atoms with Crippen LogP contribution in [0.25, 0.3) is 11.0 Å². The molecule has 2 aliphatic carbocycles. The van der Waals surface area contributed by atoms with Crippen molar-refractivity contribution in [2.24, 2.45) is 17.8 Å². The first-order valence-corrected chi connectivity index (χ1v) is 7.76. The van der Waals surface area contributed by atoms with Gasteiger partial charge >= 0.3 is 0 Å². The Morgan fingerprint density at radius 2 is 2.19 bits per heavy atom. The lowest BCUT2D eigenvalue weighted by atomic mass is 9.89. The lowest BCUT2D eigenvalue weighted by Gasteiger charge is -2.21. The molecule has 2 aromatic rings. The number of carbonyl (C=O) groups is 1. The Balaban J connectivity index is 1.44. The molecule has 110 valence electrons.